The number of aryl methyl sites for hydroxylation is 1. The van der Waals surface area contributed by atoms with Crippen molar-refractivity contribution in [3.8, 4) is 0 Å². The van der Waals surface area contributed by atoms with Crippen molar-refractivity contribution in [1.82, 2.24) is 20.5 Å². The van der Waals surface area contributed by atoms with E-state index in [9.17, 15) is 4.79 Å². The lowest BCUT2D eigenvalue weighted by Crippen LogP contribution is -2.14. The number of anilines is 2. The zero-order chi connectivity index (χ0) is 12.3. The van der Waals surface area contributed by atoms with Gasteiger partial charge in [0.05, 0.1) is 0 Å². The molecule has 0 bridgehead atoms. The summed E-state index contributed by atoms with van der Waals surface area (Å²) >= 11 is 0. The average Bonchev–Trinajstić information content (AvgIpc) is 2.88. The maximum Gasteiger partial charge on any atom is 0.283 e. The van der Waals surface area contributed by atoms with Gasteiger partial charge in [-0.3, -0.25) is 9.89 Å². The molecule has 0 aliphatic rings. The molecule has 0 atom stereocenters. The van der Waals surface area contributed by atoms with E-state index in [-0.39, 0.29) is 11.5 Å². The van der Waals surface area contributed by atoms with E-state index in [1.807, 2.05) is 0 Å². The Morgan fingerprint density at radius 2 is 2.41 bits per heavy atom. The number of nitrogens with one attached hydrogen (secondary N) is 2. The lowest BCUT2D eigenvalue weighted by molar-refractivity contribution is 0.101. The summed E-state index contributed by atoms with van der Waals surface area (Å²) < 4.78 is 4.33. The Kier molecular flexibility index (Phi) is 3.03. The number of nitrogens with zero attached hydrogens (tertiary/aromatic N) is 3. The van der Waals surface area contributed by atoms with Crippen LogP contribution < -0.4 is 11.1 Å². The normalized spacial score (nSPS) is 10.4. The van der Waals surface area contributed by atoms with E-state index < -0.39 is 5.91 Å². The average molecular weight is 236 g/mol. The summed E-state index contributed by atoms with van der Waals surface area (Å²) in [6, 6.07) is 1.76. The summed E-state index contributed by atoms with van der Waals surface area (Å²) in [7, 11) is 0. The van der Waals surface area contributed by atoms with E-state index in [0.29, 0.717) is 5.82 Å². The number of nitrogen functional groups attached to an aromatic ring is 1. The van der Waals surface area contributed by atoms with Gasteiger partial charge in [-0.2, -0.15) is 5.10 Å². The van der Waals surface area contributed by atoms with Crippen LogP contribution in [0.5, 0.6) is 0 Å². The fourth-order valence-electron chi connectivity index (χ4n) is 1.35. The van der Waals surface area contributed by atoms with Gasteiger partial charge in [-0.1, -0.05) is 13.3 Å². The third-order valence-corrected chi connectivity index (χ3v) is 2.12. The molecule has 2 rings (SSSR count). The zero-order valence-corrected chi connectivity index (χ0v) is 9.23. The van der Waals surface area contributed by atoms with Crippen molar-refractivity contribution in [2.75, 3.05) is 11.1 Å². The second kappa shape index (κ2) is 4.64. The van der Waals surface area contributed by atoms with Gasteiger partial charge in [0, 0.05) is 11.8 Å². The molecule has 8 nitrogen and oxygen atoms in total. The van der Waals surface area contributed by atoms with Gasteiger partial charge >= 0.3 is 0 Å². The first kappa shape index (κ1) is 11.1. The molecule has 0 spiro atoms. The van der Waals surface area contributed by atoms with E-state index in [2.05, 4.69) is 37.4 Å². The second-order valence-corrected chi connectivity index (χ2v) is 3.48. The Balaban J connectivity index is 2.05. The van der Waals surface area contributed by atoms with Gasteiger partial charge in [-0.05, 0) is 16.7 Å². The van der Waals surface area contributed by atoms with Gasteiger partial charge in [-0.15, -0.1) is 0 Å². The van der Waals surface area contributed by atoms with Crippen LogP contribution in [0.2, 0.25) is 0 Å². The number of aromatic nitrogens is 4. The van der Waals surface area contributed by atoms with Crippen LogP contribution in [0.25, 0.3) is 0 Å². The summed E-state index contributed by atoms with van der Waals surface area (Å²) in [5.74, 6) is -0.133. The summed E-state index contributed by atoms with van der Waals surface area (Å²) in [5.41, 5.74) is 6.29. The topological polar surface area (TPSA) is 123 Å². The largest absolute Gasteiger partial charge is 0.379 e. The highest BCUT2D eigenvalue weighted by atomic mass is 16.6. The van der Waals surface area contributed by atoms with Crippen LogP contribution in [0, 0.1) is 0 Å². The number of nitrogens with two attached hydrogens (primary N) is 1. The predicted molar refractivity (Wildman–Crippen MR) is 59.2 cm³/mol. The number of H-pyrrole nitrogens is 1. The number of aromatic amines is 1. The van der Waals surface area contributed by atoms with E-state index in [1.54, 1.807) is 6.07 Å². The van der Waals surface area contributed by atoms with Gasteiger partial charge < -0.3 is 11.1 Å². The van der Waals surface area contributed by atoms with Crippen molar-refractivity contribution in [2.45, 2.75) is 19.8 Å². The first-order valence-corrected chi connectivity index (χ1v) is 5.14. The molecular formula is C9H12N6O2. The first-order valence-electron chi connectivity index (χ1n) is 5.14. The van der Waals surface area contributed by atoms with Crippen LogP contribution >= 0.6 is 0 Å². The standard InChI is InChI=1S/C9H12N6O2/c1-2-3-5-4-6(13-12-5)11-9(16)7-8(10)15-17-14-7/h4H,2-3H2,1H3,(H2,10,15)(H2,11,12,13,16). The Bertz CT molecular complexity index is 517. The Morgan fingerprint density at radius 3 is 3.06 bits per heavy atom. The third-order valence-electron chi connectivity index (χ3n) is 2.12. The molecule has 17 heavy (non-hydrogen) atoms. The van der Waals surface area contributed by atoms with Crippen molar-refractivity contribution < 1.29 is 9.42 Å². The highest BCUT2D eigenvalue weighted by Gasteiger charge is 2.16. The first-order chi connectivity index (χ1) is 8.20. The quantitative estimate of drug-likeness (QED) is 0.713. The number of carbonyl (C=O) groups excluding carboxylic acids is 1. The number of hydrogen-bond donors (Lipinski definition) is 3. The van der Waals surface area contributed by atoms with Gasteiger partial charge in [0.2, 0.25) is 11.5 Å². The fourth-order valence-corrected chi connectivity index (χ4v) is 1.35. The molecule has 2 aromatic rings. The monoisotopic (exact) mass is 236 g/mol. The van der Waals surface area contributed by atoms with E-state index in [0.717, 1.165) is 18.5 Å². The van der Waals surface area contributed by atoms with Crippen molar-refractivity contribution in [1.29, 1.82) is 0 Å². The predicted octanol–water partition coefficient (Wildman–Crippen LogP) is 0.580. The number of rotatable bonds is 4. The molecule has 2 aromatic heterocycles. The highest BCUT2D eigenvalue weighted by Crippen LogP contribution is 2.10. The molecule has 0 aliphatic heterocycles. The van der Waals surface area contributed by atoms with Gasteiger partial charge in [0.15, 0.2) is 5.82 Å². The van der Waals surface area contributed by atoms with E-state index in [1.165, 1.54) is 0 Å². The van der Waals surface area contributed by atoms with E-state index in [4.69, 9.17) is 5.73 Å². The molecule has 1 amide bonds. The van der Waals surface area contributed by atoms with Crippen LogP contribution in [-0.4, -0.2) is 26.4 Å². The molecule has 4 N–H and O–H groups in total. The summed E-state index contributed by atoms with van der Waals surface area (Å²) in [4.78, 5) is 11.7. The van der Waals surface area contributed by atoms with Crippen molar-refractivity contribution in [3.05, 3.63) is 17.5 Å². The zero-order valence-electron chi connectivity index (χ0n) is 9.23. The minimum atomic E-state index is -0.502. The minimum absolute atomic E-state index is 0.0492. The molecule has 0 unspecified atom stereocenters. The number of amides is 1. The third kappa shape index (κ3) is 2.41. The number of hydrogen-bond acceptors (Lipinski definition) is 6. The molecule has 0 aliphatic carbocycles. The van der Waals surface area contributed by atoms with Crippen molar-refractivity contribution in [2.24, 2.45) is 0 Å². The Labute approximate surface area is 96.5 Å². The lowest BCUT2D eigenvalue weighted by atomic mass is 10.2. The summed E-state index contributed by atoms with van der Waals surface area (Å²) in [6.45, 7) is 2.06. The maximum absolute atomic E-state index is 11.7. The molecule has 90 valence electrons. The van der Waals surface area contributed by atoms with Crippen LogP contribution in [0.1, 0.15) is 29.5 Å². The SMILES string of the molecule is CCCc1cc(NC(=O)c2nonc2N)n[nH]1. The number of carbonyl (C=O) groups is 1. The van der Waals surface area contributed by atoms with Gasteiger partial charge in [0.1, 0.15) is 0 Å². The van der Waals surface area contributed by atoms with Gasteiger partial charge in [-0.25, -0.2) is 4.63 Å². The molecule has 0 aromatic carbocycles. The Hall–Kier alpha value is -2.38. The van der Waals surface area contributed by atoms with Gasteiger partial charge in [0.25, 0.3) is 5.91 Å². The molecular weight excluding hydrogens is 224 g/mol. The summed E-state index contributed by atoms with van der Waals surface area (Å²) in [5, 5.41) is 16.0. The second-order valence-electron chi connectivity index (χ2n) is 3.48. The minimum Gasteiger partial charge on any atom is -0.379 e. The molecule has 0 saturated carbocycles. The molecule has 0 fully saturated rings. The molecule has 2 heterocycles. The maximum atomic E-state index is 11.7. The molecule has 0 saturated heterocycles. The van der Waals surface area contributed by atoms with Crippen molar-refractivity contribution >= 4 is 17.5 Å². The highest BCUT2D eigenvalue weighted by molar-refractivity contribution is 6.04. The summed E-state index contributed by atoms with van der Waals surface area (Å²) in [6.07, 6.45) is 1.87. The molecule has 0 radical (unpaired) electrons. The van der Waals surface area contributed by atoms with E-state index >= 15 is 0 Å². The Morgan fingerprint density at radius 1 is 1.59 bits per heavy atom. The fraction of sp³-hybridized carbons (Fsp3) is 0.333. The van der Waals surface area contributed by atoms with Crippen LogP contribution in [0.4, 0.5) is 11.6 Å². The van der Waals surface area contributed by atoms with Crippen LogP contribution in [0.15, 0.2) is 10.7 Å². The smallest absolute Gasteiger partial charge is 0.283 e. The van der Waals surface area contributed by atoms with Crippen LogP contribution in [-0.2, 0) is 6.42 Å². The lowest BCUT2D eigenvalue weighted by Gasteiger charge is -1.96. The van der Waals surface area contributed by atoms with Crippen molar-refractivity contribution in [3.63, 3.8) is 0 Å². The molecule has 8 heteroatoms. The van der Waals surface area contributed by atoms with Crippen LogP contribution in [0.3, 0.4) is 0 Å².